The average Bonchev–Trinajstić information content (AvgIpc) is 2.55. The zero-order valence-corrected chi connectivity index (χ0v) is 7.93. The van der Waals surface area contributed by atoms with Crippen LogP contribution in [0.1, 0.15) is 13.8 Å². The van der Waals surface area contributed by atoms with Crippen LogP contribution in [0.4, 0.5) is 8.78 Å². The molecule has 0 aromatic carbocycles. The van der Waals surface area contributed by atoms with E-state index in [1.54, 1.807) is 0 Å². The molecule has 1 saturated heterocycles. The van der Waals surface area contributed by atoms with Crippen molar-refractivity contribution in [3.8, 4) is 0 Å². The van der Waals surface area contributed by atoms with Crippen molar-refractivity contribution in [2.75, 3.05) is 20.1 Å². The van der Waals surface area contributed by atoms with Gasteiger partial charge in [-0.2, -0.15) is 0 Å². The minimum absolute atomic E-state index is 0.254. The molecule has 12 heavy (non-hydrogen) atoms. The highest BCUT2D eigenvalue weighted by Gasteiger charge is 2.58. The van der Waals surface area contributed by atoms with Crippen LogP contribution in [0.5, 0.6) is 0 Å². The molecule has 0 aromatic heterocycles. The van der Waals surface area contributed by atoms with E-state index in [1.807, 2.05) is 20.9 Å². The van der Waals surface area contributed by atoms with Crippen molar-refractivity contribution in [3.05, 3.63) is 0 Å². The molecule has 0 bridgehead atoms. The van der Waals surface area contributed by atoms with E-state index >= 15 is 0 Å². The van der Waals surface area contributed by atoms with E-state index in [0.29, 0.717) is 11.8 Å². The van der Waals surface area contributed by atoms with E-state index in [2.05, 4.69) is 4.90 Å². The van der Waals surface area contributed by atoms with E-state index in [9.17, 15) is 8.78 Å². The number of rotatable bonds is 1. The number of nitrogens with zero attached hydrogens (tertiary/aromatic N) is 1. The maximum atomic E-state index is 12.0. The van der Waals surface area contributed by atoms with Crippen LogP contribution >= 0.6 is 0 Å². The van der Waals surface area contributed by atoms with Crippen molar-refractivity contribution in [2.45, 2.75) is 20.3 Å². The second-order valence-electron chi connectivity index (χ2n) is 3.46. The van der Waals surface area contributed by atoms with Gasteiger partial charge in [0.15, 0.2) is 0 Å². The topological polar surface area (TPSA) is 3.24 Å². The molecule has 1 saturated carbocycles. The van der Waals surface area contributed by atoms with Gasteiger partial charge in [0.05, 0.1) is 0 Å². The summed E-state index contributed by atoms with van der Waals surface area (Å²) in [6.45, 7) is 5.78. The Hall–Kier alpha value is -0.180. The molecule has 1 aliphatic heterocycles. The number of alkyl halides is 2. The Labute approximate surface area is 72.7 Å². The molecule has 1 heterocycles. The van der Waals surface area contributed by atoms with Gasteiger partial charge in [0.1, 0.15) is 0 Å². The minimum atomic E-state index is -2.07. The van der Waals surface area contributed by atoms with Gasteiger partial charge >= 0.3 is 0 Å². The molecule has 2 atom stereocenters. The van der Waals surface area contributed by atoms with Crippen LogP contribution < -0.4 is 0 Å². The van der Waals surface area contributed by atoms with E-state index in [1.165, 1.54) is 0 Å². The summed E-state index contributed by atoms with van der Waals surface area (Å²) in [5.74, 6) is 0.395. The standard InChI is InChI=1S/C7H11F2N.C2H6/c1-10-2-4-5(3-10)6(4)7(8)9;1-2/h4-7H,2-3H2,1H3;1-2H3. The summed E-state index contributed by atoms with van der Waals surface area (Å²) in [4.78, 5) is 2.13. The summed E-state index contributed by atoms with van der Waals surface area (Å²) in [6, 6.07) is 0. The van der Waals surface area contributed by atoms with Crippen molar-refractivity contribution >= 4 is 0 Å². The van der Waals surface area contributed by atoms with Crippen molar-refractivity contribution < 1.29 is 8.78 Å². The second kappa shape index (κ2) is 3.69. The summed E-state index contributed by atoms with van der Waals surface area (Å²) in [6.07, 6.45) is -2.07. The fourth-order valence-corrected chi connectivity index (χ4v) is 2.16. The van der Waals surface area contributed by atoms with Crippen LogP contribution in [0.15, 0.2) is 0 Å². The fraction of sp³-hybridized carbons (Fsp3) is 1.00. The Morgan fingerprint density at radius 2 is 1.58 bits per heavy atom. The lowest BCUT2D eigenvalue weighted by molar-refractivity contribution is 0.0993. The molecule has 0 radical (unpaired) electrons. The highest BCUT2D eigenvalue weighted by atomic mass is 19.3. The number of fused-ring (bicyclic) bond motifs is 1. The third-order valence-electron chi connectivity index (χ3n) is 2.73. The van der Waals surface area contributed by atoms with Gasteiger partial charge in [-0.05, 0) is 18.9 Å². The van der Waals surface area contributed by atoms with Gasteiger partial charge in [0, 0.05) is 19.0 Å². The predicted octanol–water partition coefficient (Wildman–Crippen LogP) is 2.09. The normalized spacial score (nSPS) is 39.0. The average molecular weight is 177 g/mol. The Kier molecular flexibility index (Phi) is 3.04. The molecule has 72 valence electrons. The molecule has 0 spiro atoms. The van der Waals surface area contributed by atoms with E-state index in [0.717, 1.165) is 13.1 Å². The van der Waals surface area contributed by atoms with Crippen molar-refractivity contribution in [1.29, 1.82) is 0 Å². The van der Waals surface area contributed by atoms with Crippen molar-refractivity contribution in [3.63, 3.8) is 0 Å². The maximum absolute atomic E-state index is 12.0. The van der Waals surface area contributed by atoms with Gasteiger partial charge in [-0.3, -0.25) is 0 Å². The summed E-state index contributed by atoms with van der Waals surface area (Å²) in [5, 5.41) is 0. The fourth-order valence-electron chi connectivity index (χ4n) is 2.16. The number of halogens is 2. The maximum Gasteiger partial charge on any atom is 0.242 e. The number of hydrogen-bond donors (Lipinski definition) is 0. The minimum Gasteiger partial charge on any atom is -0.306 e. The van der Waals surface area contributed by atoms with E-state index in [4.69, 9.17) is 0 Å². The monoisotopic (exact) mass is 177 g/mol. The second-order valence-corrected chi connectivity index (χ2v) is 3.46. The van der Waals surface area contributed by atoms with Crippen LogP contribution in [-0.2, 0) is 0 Å². The highest BCUT2D eigenvalue weighted by molar-refractivity contribution is 5.05. The molecule has 0 amide bonds. The van der Waals surface area contributed by atoms with Gasteiger partial charge in [-0.15, -0.1) is 0 Å². The van der Waals surface area contributed by atoms with Gasteiger partial charge < -0.3 is 4.90 Å². The first kappa shape index (κ1) is 9.90. The Morgan fingerprint density at radius 3 is 1.92 bits per heavy atom. The molecule has 1 nitrogen and oxygen atoms in total. The Bertz CT molecular complexity index is 137. The molecule has 2 unspecified atom stereocenters. The van der Waals surface area contributed by atoms with Crippen LogP contribution in [0.25, 0.3) is 0 Å². The third-order valence-corrected chi connectivity index (χ3v) is 2.73. The quantitative estimate of drug-likeness (QED) is 0.592. The molecule has 2 rings (SSSR count). The van der Waals surface area contributed by atoms with Crippen molar-refractivity contribution in [1.82, 2.24) is 4.90 Å². The summed E-state index contributed by atoms with van der Waals surface area (Å²) >= 11 is 0. The van der Waals surface area contributed by atoms with Gasteiger partial charge in [-0.1, -0.05) is 13.8 Å². The molecule has 2 aliphatic rings. The zero-order valence-electron chi connectivity index (χ0n) is 7.93. The highest BCUT2D eigenvalue weighted by Crippen LogP contribution is 2.54. The lowest BCUT2D eigenvalue weighted by atomic mass is 10.3. The molecular formula is C9H17F2N. The summed E-state index contributed by atoms with van der Waals surface area (Å²) in [5.41, 5.74) is 0. The van der Waals surface area contributed by atoms with Crippen molar-refractivity contribution in [2.24, 2.45) is 17.8 Å². The SMILES string of the molecule is CC.CN1CC2C(C1)C2C(F)F. The first-order chi connectivity index (χ1) is 5.70. The third kappa shape index (κ3) is 1.60. The predicted molar refractivity (Wildman–Crippen MR) is 45.3 cm³/mol. The molecule has 2 fully saturated rings. The van der Waals surface area contributed by atoms with Crippen LogP contribution in [0.2, 0.25) is 0 Å². The van der Waals surface area contributed by atoms with E-state index in [-0.39, 0.29) is 5.92 Å². The van der Waals surface area contributed by atoms with Gasteiger partial charge in [0.2, 0.25) is 6.43 Å². The Morgan fingerprint density at radius 1 is 1.17 bits per heavy atom. The Balaban J connectivity index is 0.000000336. The number of likely N-dealkylation sites (tertiary alicyclic amines) is 1. The lowest BCUT2D eigenvalue weighted by Gasteiger charge is -2.11. The van der Waals surface area contributed by atoms with Crippen LogP contribution in [0.3, 0.4) is 0 Å². The number of piperidine rings is 1. The number of hydrogen-bond acceptors (Lipinski definition) is 1. The first-order valence-electron chi connectivity index (χ1n) is 4.67. The molecule has 0 N–H and O–H groups in total. The molecule has 3 heteroatoms. The van der Waals surface area contributed by atoms with Crippen LogP contribution in [0, 0.1) is 17.8 Å². The van der Waals surface area contributed by atoms with Gasteiger partial charge in [0.25, 0.3) is 0 Å². The van der Waals surface area contributed by atoms with E-state index < -0.39 is 6.43 Å². The zero-order chi connectivity index (χ0) is 9.30. The summed E-state index contributed by atoms with van der Waals surface area (Å²) < 4.78 is 24.1. The first-order valence-corrected chi connectivity index (χ1v) is 4.67. The molecular weight excluding hydrogens is 160 g/mol. The largest absolute Gasteiger partial charge is 0.306 e. The van der Waals surface area contributed by atoms with Crippen LogP contribution in [-0.4, -0.2) is 31.5 Å². The smallest absolute Gasteiger partial charge is 0.242 e. The summed E-state index contributed by atoms with van der Waals surface area (Å²) in [7, 11) is 1.99. The molecule has 1 aliphatic carbocycles. The lowest BCUT2D eigenvalue weighted by Crippen LogP contribution is -2.21. The van der Waals surface area contributed by atoms with Gasteiger partial charge in [-0.25, -0.2) is 8.78 Å². The molecule has 0 aromatic rings.